The molecule has 146 valence electrons. The predicted octanol–water partition coefficient (Wildman–Crippen LogP) is 4.11. The van der Waals surface area contributed by atoms with Crippen LogP contribution in [0.5, 0.6) is 0 Å². The Kier molecular flexibility index (Phi) is 6.33. The van der Waals surface area contributed by atoms with Gasteiger partial charge in [0.25, 0.3) is 5.91 Å². The van der Waals surface area contributed by atoms with Crippen LogP contribution in [0.3, 0.4) is 0 Å². The highest BCUT2D eigenvalue weighted by Crippen LogP contribution is 2.36. The fourth-order valence-corrected chi connectivity index (χ4v) is 4.82. The minimum Gasteiger partial charge on any atom is -0.396 e. The molecule has 1 saturated heterocycles. The van der Waals surface area contributed by atoms with Crippen molar-refractivity contribution in [2.75, 3.05) is 19.7 Å². The van der Waals surface area contributed by atoms with Crippen LogP contribution in [-0.4, -0.2) is 40.6 Å². The Labute approximate surface area is 166 Å². The van der Waals surface area contributed by atoms with Crippen LogP contribution in [0.25, 0.3) is 0 Å². The molecule has 1 aliphatic heterocycles. The van der Waals surface area contributed by atoms with E-state index in [-0.39, 0.29) is 17.9 Å². The lowest BCUT2D eigenvalue weighted by atomic mass is 9.74. The van der Waals surface area contributed by atoms with Crippen molar-refractivity contribution in [1.29, 1.82) is 0 Å². The van der Waals surface area contributed by atoms with Gasteiger partial charge in [0.15, 0.2) is 0 Å². The van der Waals surface area contributed by atoms with Gasteiger partial charge in [0.05, 0.1) is 10.7 Å². The minimum atomic E-state index is -0.123. The number of hydrogen-bond donors (Lipinski definition) is 1. The third-order valence-corrected chi connectivity index (χ3v) is 6.47. The summed E-state index contributed by atoms with van der Waals surface area (Å²) in [6.07, 6.45) is 3.38. The number of thiazole rings is 1. The summed E-state index contributed by atoms with van der Waals surface area (Å²) >= 11 is 1.51. The largest absolute Gasteiger partial charge is 0.396 e. The van der Waals surface area contributed by atoms with E-state index in [1.165, 1.54) is 16.9 Å². The molecule has 27 heavy (non-hydrogen) atoms. The van der Waals surface area contributed by atoms with E-state index in [0.29, 0.717) is 19.0 Å². The molecule has 0 saturated carbocycles. The number of nitrogens with zero attached hydrogens (tertiary/aromatic N) is 2. The zero-order chi connectivity index (χ0) is 19.4. The van der Waals surface area contributed by atoms with E-state index >= 15 is 0 Å². The fourth-order valence-electron chi connectivity index (χ4n) is 3.91. The maximum Gasteiger partial charge on any atom is 0.265 e. The van der Waals surface area contributed by atoms with Gasteiger partial charge in [-0.25, -0.2) is 4.98 Å². The second-order valence-corrected chi connectivity index (χ2v) is 9.42. The van der Waals surface area contributed by atoms with Crippen LogP contribution in [0.2, 0.25) is 0 Å². The van der Waals surface area contributed by atoms with Crippen LogP contribution >= 0.6 is 11.3 Å². The number of carbonyl (C=O) groups excluding carboxylic acids is 1. The van der Waals surface area contributed by atoms with E-state index in [1.54, 1.807) is 0 Å². The maximum atomic E-state index is 13.1. The summed E-state index contributed by atoms with van der Waals surface area (Å²) in [4.78, 5) is 20.5. The van der Waals surface area contributed by atoms with E-state index in [9.17, 15) is 9.90 Å². The Morgan fingerprint density at radius 2 is 1.93 bits per heavy atom. The third-order valence-electron chi connectivity index (χ3n) is 5.47. The maximum absolute atomic E-state index is 13.1. The molecule has 0 bridgehead atoms. The first-order valence-corrected chi connectivity index (χ1v) is 10.6. The first-order chi connectivity index (χ1) is 12.9. The monoisotopic (exact) mass is 386 g/mol. The first-order valence-electron chi connectivity index (χ1n) is 9.83. The van der Waals surface area contributed by atoms with Crippen LogP contribution in [0.15, 0.2) is 30.3 Å². The fraction of sp³-hybridized carbons (Fsp3) is 0.545. The lowest BCUT2D eigenvalue weighted by Crippen LogP contribution is -2.45. The zero-order valence-corrected chi connectivity index (χ0v) is 17.4. The van der Waals surface area contributed by atoms with Crippen LogP contribution in [0, 0.1) is 18.3 Å². The summed E-state index contributed by atoms with van der Waals surface area (Å²) in [5, 5.41) is 11.0. The van der Waals surface area contributed by atoms with E-state index in [2.05, 4.69) is 31.0 Å². The Bertz CT molecular complexity index is 762. The number of rotatable bonds is 6. The van der Waals surface area contributed by atoms with Crippen molar-refractivity contribution in [3.8, 4) is 0 Å². The molecule has 1 aliphatic rings. The number of carbonyl (C=O) groups is 1. The van der Waals surface area contributed by atoms with Crippen molar-refractivity contribution in [2.24, 2.45) is 11.3 Å². The minimum absolute atomic E-state index is 0.113. The van der Waals surface area contributed by atoms with Gasteiger partial charge in [-0.05, 0) is 44.1 Å². The molecule has 2 heterocycles. The molecule has 3 rings (SSSR count). The van der Waals surface area contributed by atoms with Gasteiger partial charge < -0.3 is 10.0 Å². The van der Waals surface area contributed by atoms with E-state index in [4.69, 9.17) is 0 Å². The molecule has 2 aromatic rings. The molecule has 0 spiro atoms. The third kappa shape index (κ3) is 4.77. The number of benzene rings is 1. The summed E-state index contributed by atoms with van der Waals surface area (Å²) < 4.78 is 0. The highest BCUT2D eigenvalue weighted by molar-refractivity contribution is 7.13. The van der Waals surface area contributed by atoms with Crippen LogP contribution in [-0.2, 0) is 12.8 Å². The molecule has 4 nitrogen and oxygen atoms in total. The number of aliphatic hydroxyl groups is 1. The van der Waals surface area contributed by atoms with E-state index in [0.717, 1.165) is 41.3 Å². The topological polar surface area (TPSA) is 53.4 Å². The van der Waals surface area contributed by atoms with Gasteiger partial charge >= 0.3 is 0 Å². The molecule has 0 atom stereocenters. The van der Waals surface area contributed by atoms with Crippen LogP contribution < -0.4 is 0 Å². The molecule has 1 aromatic heterocycles. The van der Waals surface area contributed by atoms with Gasteiger partial charge in [-0.3, -0.25) is 4.79 Å². The van der Waals surface area contributed by atoms with Gasteiger partial charge in [0, 0.05) is 25.1 Å². The number of likely N-dealkylation sites (tertiary alicyclic amines) is 1. The van der Waals surface area contributed by atoms with Gasteiger partial charge in [-0.15, -0.1) is 11.3 Å². The van der Waals surface area contributed by atoms with Crippen molar-refractivity contribution >= 4 is 17.2 Å². The predicted molar refractivity (Wildman–Crippen MR) is 110 cm³/mol. The molecule has 5 heteroatoms. The Hall–Kier alpha value is -1.72. The van der Waals surface area contributed by atoms with Gasteiger partial charge in [-0.2, -0.15) is 0 Å². The smallest absolute Gasteiger partial charge is 0.265 e. The second kappa shape index (κ2) is 8.53. The molecule has 1 amide bonds. The summed E-state index contributed by atoms with van der Waals surface area (Å²) in [5.41, 5.74) is 2.08. The van der Waals surface area contributed by atoms with Crippen molar-refractivity contribution in [3.63, 3.8) is 0 Å². The highest BCUT2D eigenvalue weighted by Gasteiger charge is 2.36. The standard InChI is InChI=1S/C22H30N2O2S/c1-16(2)13-19-20(27-17(3)23-19)21(26)24-11-9-22(15-25,10-12-24)14-18-7-5-4-6-8-18/h4-8,16,25H,9-15H2,1-3H3. The lowest BCUT2D eigenvalue weighted by Gasteiger charge is -2.41. The summed E-state index contributed by atoms with van der Waals surface area (Å²) in [7, 11) is 0. The van der Waals surface area contributed by atoms with Gasteiger partial charge in [0.1, 0.15) is 4.88 Å². The second-order valence-electron chi connectivity index (χ2n) is 8.22. The molecule has 1 aromatic carbocycles. The van der Waals surface area contributed by atoms with Crippen molar-refractivity contribution in [3.05, 3.63) is 51.5 Å². The Morgan fingerprint density at radius 1 is 1.26 bits per heavy atom. The Balaban J connectivity index is 1.68. The van der Waals surface area contributed by atoms with Crippen LogP contribution in [0.1, 0.15) is 52.6 Å². The molecule has 0 radical (unpaired) electrons. The van der Waals surface area contributed by atoms with E-state index in [1.807, 2.05) is 30.0 Å². The van der Waals surface area contributed by atoms with Crippen molar-refractivity contribution in [2.45, 2.75) is 46.5 Å². The van der Waals surface area contributed by atoms with Crippen molar-refractivity contribution < 1.29 is 9.90 Å². The average molecular weight is 387 g/mol. The number of aromatic nitrogens is 1. The Morgan fingerprint density at radius 3 is 2.52 bits per heavy atom. The lowest BCUT2D eigenvalue weighted by molar-refractivity contribution is 0.0360. The molecule has 1 N–H and O–H groups in total. The molecule has 0 aliphatic carbocycles. The normalized spacial score (nSPS) is 16.7. The average Bonchev–Trinajstić information content (AvgIpc) is 3.02. The first kappa shape index (κ1) is 20.0. The number of aliphatic hydroxyl groups excluding tert-OH is 1. The van der Waals surface area contributed by atoms with Gasteiger partial charge in [0.2, 0.25) is 0 Å². The number of hydrogen-bond acceptors (Lipinski definition) is 4. The summed E-state index contributed by atoms with van der Waals surface area (Å²) in [5.74, 6) is 0.592. The van der Waals surface area contributed by atoms with E-state index < -0.39 is 0 Å². The van der Waals surface area contributed by atoms with Gasteiger partial charge in [-0.1, -0.05) is 44.2 Å². The molecule has 1 fully saturated rings. The molecular formula is C22H30N2O2S. The molecule has 0 unspecified atom stereocenters. The quantitative estimate of drug-likeness (QED) is 0.813. The number of piperidine rings is 1. The van der Waals surface area contributed by atoms with Crippen molar-refractivity contribution in [1.82, 2.24) is 9.88 Å². The SMILES string of the molecule is Cc1nc(CC(C)C)c(C(=O)N2CCC(CO)(Cc3ccccc3)CC2)s1. The number of aryl methyl sites for hydroxylation is 1. The number of amides is 1. The van der Waals surface area contributed by atoms with Crippen LogP contribution in [0.4, 0.5) is 0 Å². The summed E-state index contributed by atoms with van der Waals surface area (Å²) in [6.45, 7) is 7.85. The zero-order valence-electron chi connectivity index (χ0n) is 16.6. The molecular weight excluding hydrogens is 356 g/mol. The summed E-state index contributed by atoms with van der Waals surface area (Å²) in [6, 6.07) is 10.3. The highest BCUT2D eigenvalue weighted by atomic mass is 32.1.